The number of nitro groups is 1. The summed E-state index contributed by atoms with van der Waals surface area (Å²) < 4.78 is 1.74. The third kappa shape index (κ3) is 3.27. The summed E-state index contributed by atoms with van der Waals surface area (Å²) in [5.41, 5.74) is 1.77. The lowest BCUT2D eigenvalue weighted by atomic mass is 10.1. The van der Waals surface area contributed by atoms with E-state index in [2.05, 4.69) is 10.1 Å². The Balaban J connectivity index is 2.03. The molecule has 0 amide bonds. The summed E-state index contributed by atoms with van der Waals surface area (Å²) in [6.45, 7) is 0. The van der Waals surface area contributed by atoms with E-state index in [1.165, 1.54) is 23.5 Å². The van der Waals surface area contributed by atoms with Gasteiger partial charge in [-0.15, -0.1) is 22.7 Å². The van der Waals surface area contributed by atoms with Crippen LogP contribution in [0.15, 0.2) is 57.3 Å². The number of hydrogen-bond acceptors (Lipinski definition) is 6. The molecule has 0 atom stereocenters. The molecule has 3 aromatic rings. The zero-order valence-corrected chi connectivity index (χ0v) is 13.8. The third-order valence-corrected chi connectivity index (χ3v) is 4.81. The molecule has 0 aliphatic heterocycles. The van der Waals surface area contributed by atoms with E-state index >= 15 is 0 Å². The second-order valence-corrected chi connectivity index (χ2v) is 6.32. The van der Waals surface area contributed by atoms with E-state index in [0.29, 0.717) is 0 Å². The zero-order valence-electron chi connectivity index (χ0n) is 12.1. The summed E-state index contributed by atoms with van der Waals surface area (Å²) in [6.07, 6.45) is 1.78. The molecular formula is C15H12N4O2S2. The van der Waals surface area contributed by atoms with Gasteiger partial charge in [-0.1, -0.05) is 6.07 Å². The van der Waals surface area contributed by atoms with E-state index in [9.17, 15) is 10.1 Å². The Labute approximate surface area is 139 Å². The molecule has 8 heteroatoms. The van der Waals surface area contributed by atoms with Gasteiger partial charge in [0.1, 0.15) is 0 Å². The van der Waals surface area contributed by atoms with Crippen molar-refractivity contribution in [3.63, 3.8) is 0 Å². The van der Waals surface area contributed by atoms with Crippen LogP contribution in [0.5, 0.6) is 0 Å². The fourth-order valence-electron chi connectivity index (χ4n) is 1.99. The van der Waals surface area contributed by atoms with Crippen LogP contribution in [0.4, 0.5) is 5.69 Å². The average Bonchev–Trinajstić information content (AvgIpc) is 3.22. The Hall–Kier alpha value is -2.58. The predicted octanol–water partition coefficient (Wildman–Crippen LogP) is 3.60. The van der Waals surface area contributed by atoms with Gasteiger partial charge in [-0.2, -0.15) is 5.10 Å². The van der Waals surface area contributed by atoms with E-state index in [0.717, 1.165) is 20.9 Å². The van der Waals surface area contributed by atoms with Crippen LogP contribution < -0.4 is 4.80 Å². The number of nitro benzene ring substituents is 1. The van der Waals surface area contributed by atoms with Gasteiger partial charge in [-0.05, 0) is 23.6 Å². The lowest BCUT2D eigenvalue weighted by Gasteiger charge is -2.03. The van der Waals surface area contributed by atoms with Crippen molar-refractivity contribution in [3.05, 3.63) is 67.0 Å². The van der Waals surface area contributed by atoms with Gasteiger partial charge in [0, 0.05) is 35.0 Å². The van der Waals surface area contributed by atoms with Crippen LogP contribution in [0.1, 0.15) is 4.88 Å². The van der Waals surface area contributed by atoms with Crippen LogP contribution in [-0.4, -0.2) is 22.9 Å². The minimum atomic E-state index is -0.410. The smallest absolute Gasteiger partial charge is 0.261 e. The van der Waals surface area contributed by atoms with Gasteiger partial charge in [0.2, 0.25) is 4.80 Å². The molecule has 0 aliphatic rings. The molecule has 0 saturated carbocycles. The Kier molecular flexibility index (Phi) is 4.45. The number of benzene rings is 1. The SMILES string of the molecule is CN=c1scc(-c2ccc([N+](=O)[O-])cc2)n1/N=C/c1cccs1. The van der Waals surface area contributed by atoms with E-state index in [1.807, 2.05) is 22.9 Å². The molecule has 0 saturated heterocycles. The van der Waals surface area contributed by atoms with Crippen LogP contribution in [-0.2, 0) is 0 Å². The third-order valence-electron chi connectivity index (χ3n) is 3.09. The molecule has 116 valence electrons. The highest BCUT2D eigenvalue weighted by atomic mass is 32.1. The average molecular weight is 344 g/mol. The summed E-state index contributed by atoms with van der Waals surface area (Å²) in [4.78, 5) is 16.4. The normalized spacial score (nSPS) is 12.1. The first-order chi connectivity index (χ1) is 11.2. The molecule has 3 rings (SSSR count). The molecule has 0 unspecified atom stereocenters. The maximum atomic E-state index is 10.8. The second-order valence-electron chi connectivity index (χ2n) is 4.50. The van der Waals surface area contributed by atoms with Crippen molar-refractivity contribution in [1.29, 1.82) is 0 Å². The Bertz CT molecular complexity index is 906. The van der Waals surface area contributed by atoms with Crippen molar-refractivity contribution < 1.29 is 4.92 Å². The molecule has 0 N–H and O–H groups in total. The molecule has 2 heterocycles. The van der Waals surface area contributed by atoms with Gasteiger partial charge in [0.25, 0.3) is 5.69 Å². The first kappa shape index (κ1) is 15.3. The van der Waals surface area contributed by atoms with E-state index < -0.39 is 4.92 Å². The number of rotatable bonds is 4. The van der Waals surface area contributed by atoms with Crippen LogP contribution in [0, 0.1) is 10.1 Å². The monoisotopic (exact) mass is 344 g/mol. The van der Waals surface area contributed by atoms with E-state index in [1.54, 1.807) is 41.4 Å². The Morgan fingerprint density at radius 3 is 2.61 bits per heavy atom. The summed E-state index contributed by atoms with van der Waals surface area (Å²) in [5.74, 6) is 0. The highest BCUT2D eigenvalue weighted by Crippen LogP contribution is 2.23. The largest absolute Gasteiger partial charge is 0.269 e. The minimum Gasteiger partial charge on any atom is -0.261 e. The van der Waals surface area contributed by atoms with Crippen LogP contribution in [0.2, 0.25) is 0 Å². The Morgan fingerprint density at radius 2 is 2.00 bits per heavy atom. The second kappa shape index (κ2) is 6.67. The zero-order chi connectivity index (χ0) is 16.2. The molecule has 1 aromatic carbocycles. The first-order valence-corrected chi connectivity index (χ1v) is 8.41. The maximum absolute atomic E-state index is 10.8. The van der Waals surface area contributed by atoms with Crippen molar-refractivity contribution in [3.8, 4) is 11.3 Å². The van der Waals surface area contributed by atoms with Crippen molar-refractivity contribution in [2.75, 3.05) is 7.05 Å². The van der Waals surface area contributed by atoms with Gasteiger partial charge < -0.3 is 0 Å². The minimum absolute atomic E-state index is 0.0676. The summed E-state index contributed by atoms with van der Waals surface area (Å²) in [7, 11) is 1.71. The quantitative estimate of drug-likeness (QED) is 0.412. The first-order valence-electron chi connectivity index (χ1n) is 6.65. The fraction of sp³-hybridized carbons (Fsp3) is 0.0667. The topological polar surface area (TPSA) is 72.8 Å². The van der Waals surface area contributed by atoms with Crippen LogP contribution >= 0.6 is 22.7 Å². The lowest BCUT2D eigenvalue weighted by molar-refractivity contribution is -0.384. The maximum Gasteiger partial charge on any atom is 0.269 e. The van der Waals surface area contributed by atoms with E-state index in [4.69, 9.17) is 0 Å². The predicted molar refractivity (Wildman–Crippen MR) is 93.2 cm³/mol. The summed E-state index contributed by atoms with van der Waals surface area (Å²) in [5, 5.41) is 19.2. The van der Waals surface area contributed by atoms with Gasteiger partial charge in [0.15, 0.2) is 0 Å². The number of aromatic nitrogens is 1. The molecule has 0 fully saturated rings. The van der Waals surface area contributed by atoms with Crippen LogP contribution in [0.3, 0.4) is 0 Å². The highest BCUT2D eigenvalue weighted by molar-refractivity contribution is 7.11. The molecular weight excluding hydrogens is 332 g/mol. The van der Waals surface area contributed by atoms with Gasteiger partial charge in [-0.3, -0.25) is 15.1 Å². The van der Waals surface area contributed by atoms with Crippen molar-refractivity contribution >= 4 is 34.6 Å². The van der Waals surface area contributed by atoms with E-state index in [-0.39, 0.29) is 5.69 Å². The number of thiophene rings is 1. The number of nitrogens with zero attached hydrogens (tertiary/aromatic N) is 4. The fourth-order valence-corrected chi connectivity index (χ4v) is 3.38. The van der Waals surface area contributed by atoms with Gasteiger partial charge in [0.05, 0.1) is 16.8 Å². The highest BCUT2D eigenvalue weighted by Gasteiger charge is 2.10. The van der Waals surface area contributed by atoms with Crippen LogP contribution in [0.25, 0.3) is 11.3 Å². The van der Waals surface area contributed by atoms with Crippen molar-refractivity contribution in [2.45, 2.75) is 0 Å². The van der Waals surface area contributed by atoms with Gasteiger partial charge in [-0.25, -0.2) is 4.68 Å². The standard InChI is InChI=1S/C15H12N4O2S2/c1-16-15-18(17-9-13-3-2-8-22-13)14(10-23-15)11-4-6-12(7-5-11)19(20)21/h2-10H,1H3/b16-15?,17-9+. The number of non-ortho nitro benzene ring substituents is 1. The molecule has 23 heavy (non-hydrogen) atoms. The summed E-state index contributed by atoms with van der Waals surface area (Å²) in [6, 6.07) is 10.4. The van der Waals surface area contributed by atoms with Gasteiger partial charge >= 0.3 is 0 Å². The number of hydrogen-bond donors (Lipinski definition) is 0. The molecule has 2 aromatic heterocycles. The van der Waals surface area contributed by atoms with Crippen molar-refractivity contribution in [1.82, 2.24) is 4.68 Å². The number of thiazole rings is 1. The summed E-state index contributed by atoms with van der Waals surface area (Å²) >= 11 is 3.07. The van der Waals surface area contributed by atoms with Crippen molar-refractivity contribution in [2.24, 2.45) is 10.1 Å². The lowest BCUT2D eigenvalue weighted by Crippen LogP contribution is -2.11. The molecule has 6 nitrogen and oxygen atoms in total. The molecule has 0 bridgehead atoms. The Morgan fingerprint density at radius 1 is 1.22 bits per heavy atom. The molecule has 0 aliphatic carbocycles. The molecule has 0 spiro atoms. The molecule has 0 radical (unpaired) electrons.